The Kier molecular flexibility index (Phi) is 3.30. The molecule has 0 saturated heterocycles. The van der Waals surface area contributed by atoms with E-state index in [1.54, 1.807) is 6.92 Å². The number of carbonyl (C=O) groups excluding carboxylic acids is 1. The van der Waals surface area contributed by atoms with Crippen molar-refractivity contribution in [1.82, 2.24) is 0 Å². The van der Waals surface area contributed by atoms with E-state index in [9.17, 15) is 13.6 Å². The summed E-state index contributed by atoms with van der Waals surface area (Å²) >= 11 is 0. The van der Waals surface area contributed by atoms with Crippen LogP contribution in [-0.4, -0.2) is 12.3 Å². The highest BCUT2D eigenvalue weighted by atomic mass is 19.1. The summed E-state index contributed by atoms with van der Waals surface area (Å²) in [5.41, 5.74) is 5.17. The van der Waals surface area contributed by atoms with Crippen molar-refractivity contribution in [3.8, 4) is 0 Å². The lowest BCUT2D eigenvalue weighted by atomic mass is 9.99. The number of rotatable bonds is 3. The van der Waals surface area contributed by atoms with E-state index in [1.165, 1.54) is 0 Å². The zero-order valence-corrected chi connectivity index (χ0v) is 7.76. The molecule has 0 radical (unpaired) electrons. The fourth-order valence-corrected chi connectivity index (χ4v) is 1.06. The molecule has 0 fully saturated rings. The predicted molar refractivity (Wildman–Crippen MR) is 48.9 cm³/mol. The molecule has 2 nitrogen and oxygen atoms in total. The molecule has 1 atom stereocenters. The average Bonchev–Trinajstić information content (AvgIpc) is 2.15. The number of ketones is 1. The van der Waals surface area contributed by atoms with Crippen LogP contribution in [0.1, 0.15) is 17.3 Å². The molecule has 76 valence electrons. The quantitative estimate of drug-likeness (QED) is 0.753. The van der Waals surface area contributed by atoms with Crippen molar-refractivity contribution in [1.29, 1.82) is 0 Å². The average molecular weight is 199 g/mol. The van der Waals surface area contributed by atoms with E-state index in [-0.39, 0.29) is 12.1 Å². The van der Waals surface area contributed by atoms with Gasteiger partial charge in [0.2, 0.25) is 0 Å². The summed E-state index contributed by atoms with van der Waals surface area (Å²) in [5.74, 6) is -2.38. The van der Waals surface area contributed by atoms with Crippen LogP contribution in [0.3, 0.4) is 0 Å². The van der Waals surface area contributed by atoms with Gasteiger partial charge in [0.05, 0.1) is 5.56 Å². The lowest BCUT2D eigenvalue weighted by Crippen LogP contribution is -2.21. The second kappa shape index (κ2) is 4.28. The Labute approximate surface area is 80.7 Å². The number of benzene rings is 1. The minimum Gasteiger partial charge on any atom is -0.330 e. The topological polar surface area (TPSA) is 43.1 Å². The summed E-state index contributed by atoms with van der Waals surface area (Å²) in [7, 11) is 0. The van der Waals surface area contributed by atoms with E-state index in [4.69, 9.17) is 5.73 Å². The second-order valence-electron chi connectivity index (χ2n) is 3.13. The molecule has 0 aliphatic heterocycles. The van der Waals surface area contributed by atoms with Gasteiger partial charge in [0.1, 0.15) is 11.6 Å². The van der Waals surface area contributed by atoms with Crippen molar-refractivity contribution in [2.24, 2.45) is 11.7 Å². The van der Waals surface area contributed by atoms with Crippen molar-refractivity contribution in [2.45, 2.75) is 6.92 Å². The highest BCUT2D eigenvalue weighted by molar-refractivity contribution is 5.97. The van der Waals surface area contributed by atoms with Crippen LogP contribution in [0, 0.1) is 17.6 Å². The lowest BCUT2D eigenvalue weighted by molar-refractivity contribution is 0.0930. The molecule has 0 aliphatic rings. The van der Waals surface area contributed by atoms with Gasteiger partial charge in [0.15, 0.2) is 5.78 Å². The van der Waals surface area contributed by atoms with Crippen LogP contribution in [0.5, 0.6) is 0 Å². The van der Waals surface area contributed by atoms with Gasteiger partial charge in [-0.25, -0.2) is 8.78 Å². The molecule has 1 aromatic carbocycles. The minimum absolute atomic E-state index is 0.107. The van der Waals surface area contributed by atoms with Gasteiger partial charge in [-0.1, -0.05) is 6.92 Å². The molecule has 0 spiro atoms. The Morgan fingerprint density at radius 1 is 1.50 bits per heavy atom. The molecule has 0 aromatic heterocycles. The van der Waals surface area contributed by atoms with Crippen LogP contribution >= 0.6 is 0 Å². The molecule has 1 unspecified atom stereocenters. The third-order valence-corrected chi connectivity index (χ3v) is 2.00. The van der Waals surface area contributed by atoms with Crippen LogP contribution in [0.4, 0.5) is 8.78 Å². The summed E-state index contributed by atoms with van der Waals surface area (Å²) in [6, 6.07) is 2.88. The normalized spacial score (nSPS) is 12.6. The fraction of sp³-hybridized carbons (Fsp3) is 0.300. The maximum atomic E-state index is 13.1. The Morgan fingerprint density at radius 2 is 2.14 bits per heavy atom. The van der Waals surface area contributed by atoms with Gasteiger partial charge >= 0.3 is 0 Å². The third-order valence-electron chi connectivity index (χ3n) is 2.00. The maximum absolute atomic E-state index is 13.1. The summed E-state index contributed by atoms with van der Waals surface area (Å²) in [6.45, 7) is 1.75. The Bertz CT molecular complexity index is 352. The first-order valence-corrected chi connectivity index (χ1v) is 4.25. The third kappa shape index (κ3) is 2.14. The van der Waals surface area contributed by atoms with Gasteiger partial charge < -0.3 is 5.73 Å². The van der Waals surface area contributed by atoms with E-state index in [0.717, 1.165) is 12.1 Å². The van der Waals surface area contributed by atoms with Crippen LogP contribution < -0.4 is 5.73 Å². The first-order chi connectivity index (χ1) is 6.56. The highest BCUT2D eigenvalue weighted by Crippen LogP contribution is 2.13. The number of hydrogen-bond donors (Lipinski definition) is 1. The number of Topliss-reactive ketones (excluding diaryl/α,β-unsaturated/α-hetero) is 1. The van der Waals surface area contributed by atoms with Crippen LogP contribution in [0.25, 0.3) is 0 Å². The SMILES string of the molecule is CC(CN)C(=O)c1ccc(F)cc1F. The van der Waals surface area contributed by atoms with Crippen LogP contribution in [0.2, 0.25) is 0 Å². The molecule has 1 aromatic rings. The number of nitrogens with two attached hydrogens (primary N) is 1. The van der Waals surface area contributed by atoms with Crippen molar-refractivity contribution in [3.63, 3.8) is 0 Å². The zero-order valence-electron chi connectivity index (χ0n) is 7.76. The summed E-state index contributed by atoms with van der Waals surface area (Å²) < 4.78 is 25.6. The van der Waals surface area contributed by atoms with Gasteiger partial charge in [-0.3, -0.25) is 4.79 Å². The first kappa shape index (κ1) is 10.8. The molecular formula is C10H11F2NO. The molecule has 4 heteroatoms. The van der Waals surface area contributed by atoms with Crippen LogP contribution in [-0.2, 0) is 0 Å². The smallest absolute Gasteiger partial charge is 0.169 e. The number of hydrogen-bond acceptors (Lipinski definition) is 2. The number of halogens is 2. The molecule has 2 N–H and O–H groups in total. The molecule has 0 amide bonds. The van der Waals surface area contributed by atoms with Crippen LogP contribution in [0.15, 0.2) is 18.2 Å². The summed E-state index contributed by atoms with van der Waals surface area (Å²) in [4.78, 5) is 11.5. The van der Waals surface area contributed by atoms with Gasteiger partial charge in [0, 0.05) is 18.5 Å². The standard InChI is InChI=1S/C10H11F2NO/c1-6(5-13)10(14)8-3-2-7(11)4-9(8)12/h2-4,6H,5,13H2,1H3. The Hall–Kier alpha value is -1.29. The van der Waals surface area contributed by atoms with Gasteiger partial charge in [-0.2, -0.15) is 0 Å². The first-order valence-electron chi connectivity index (χ1n) is 4.25. The molecule has 0 saturated carbocycles. The highest BCUT2D eigenvalue weighted by Gasteiger charge is 2.17. The molecule has 0 heterocycles. The molecule has 0 aliphatic carbocycles. The second-order valence-corrected chi connectivity index (χ2v) is 3.13. The van der Waals surface area contributed by atoms with E-state index in [2.05, 4.69) is 0 Å². The largest absolute Gasteiger partial charge is 0.330 e. The Balaban J connectivity index is 3.02. The van der Waals surface area contributed by atoms with E-state index in [1.807, 2.05) is 0 Å². The molecule has 14 heavy (non-hydrogen) atoms. The van der Waals surface area contributed by atoms with E-state index < -0.39 is 23.3 Å². The molecule has 0 bridgehead atoms. The van der Waals surface area contributed by atoms with Gasteiger partial charge in [-0.15, -0.1) is 0 Å². The zero-order chi connectivity index (χ0) is 10.7. The Morgan fingerprint density at radius 3 is 2.64 bits per heavy atom. The van der Waals surface area contributed by atoms with E-state index in [0.29, 0.717) is 6.07 Å². The molecular weight excluding hydrogens is 188 g/mol. The monoisotopic (exact) mass is 199 g/mol. The van der Waals surface area contributed by atoms with Gasteiger partial charge in [-0.05, 0) is 12.1 Å². The van der Waals surface area contributed by atoms with Crippen molar-refractivity contribution in [3.05, 3.63) is 35.4 Å². The van der Waals surface area contributed by atoms with Gasteiger partial charge in [0.25, 0.3) is 0 Å². The maximum Gasteiger partial charge on any atom is 0.169 e. The van der Waals surface area contributed by atoms with E-state index >= 15 is 0 Å². The summed E-state index contributed by atoms with van der Waals surface area (Å²) in [5, 5.41) is 0. The minimum atomic E-state index is -0.838. The fourth-order valence-electron chi connectivity index (χ4n) is 1.06. The lowest BCUT2D eigenvalue weighted by Gasteiger charge is -2.07. The van der Waals surface area contributed by atoms with Crippen molar-refractivity contribution < 1.29 is 13.6 Å². The van der Waals surface area contributed by atoms with Crippen molar-refractivity contribution in [2.75, 3.05) is 6.54 Å². The van der Waals surface area contributed by atoms with Crippen molar-refractivity contribution >= 4 is 5.78 Å². The molecule has 1 rings (SSSR count). The number of carbonyl (C=O) groups is 1. The summed E-state index contributed by atoms with van der Waals surface area (Å²) in [6.07, 6.45) is 0. The predicted octanol–water partition coefficient (Wildman–Crippen LogP) is 1.74.